The molecule has 0 bridgehead atoms. The summed E-state index contributed by atoms with van der Waals surface area (Å²) in [4.78, 5) is 0. The van der Waals surface area contributed by atoms with Crippen LogP contribution in [0.3, 0.4) is 0 Å². The molecule has 2 aliphatic carbocycles. The molecule has 2 rings (SSSR count). The summed E-state index contributed by atoms with van der Waals surface area (Å²) >= 11 is 0.767. The first-order valence-electron chi connectivity index (χ1n) is 8.95. The van der Waals surface area contributed by atoms with Crippen molar-refractivity contribution in [2.24, 2.45) is 10.8 Å². The summed E-state index contributed by atoms with van der Waals surface area (Å²) in [7, 11) is 0. The maximum Gasteiger partial charge on any atom is -0.147 e. The van der Waals surface area contributed by atoms with Gasteiger partial charge in [-0.2, -0.15) is 0 Å². The normalized spacial score (nSPS) is 22.9. The molecule has 0 unspecified atom stereocenters. The van der Waals surface area contributed by atoms with Crippen molar-refractivity contribution >= 4 is 12.4 Å². The Bertz CT molecular complexity index is 693. The first-order chi connectivity index (χ1) is 10.8. The SMILES string of the molecule is C=C[C]([U])(C1=C(C)C(C)=C(C)C1(C)C)C1=C(C)C(C)=C(C)C1(C)C.Cl. The molecule has 0 aromatic rings. The quantitative estimate of drug-likeness (QED) is 0.299. The standard InChI is InChI=1S/C23H33.ClH.U/c1-12-19(20-15(4)13(2)17(6)22(20,8)9)21-16(5)14(3)18(7)23(21,10)11;;/h12H,1H2,2-11H3;1H;. The maximum atomic E-state index is 4.36. The Kier molecular flexibility index (Phi) is 6.36. The molecule has 0 aromatic carbocycles. The molecule has 0 N–H and O–H groups in total. The van der Waals surface area contributed by atoms with Crippen LogP contribution in [0.5, 0.6) is 0 Å². The van der Waals surface area contributed by atoms with Gasteiger partial charge < -0.3 is 0 Å². The molecule has 0 radical (unpaired) electrons. The molecule has 25 heavy (non-hydrogen) atoms. The molecule has 2 aliphatic rings. The van der Waals surface area contributed by atoms with Gasteiger partial charge >= 0.3 is 169 Å². The van der Waals surface area contributed by atoms with Crippen molar-refractivity contribution in [3.8, 4) is 0 Å². The second-order valence-electron chi connectivity index (χ2n) is 8.76. The summed E-state index contributed by atoms with van der Waals surface area (Å²) in [5, 5.41) is 0. The minimum Gasteiger partial charge on any atom is -0.147 e. The van der Waals surface area contributed by atoms with E-state index in [-0.39, 0.29) is 25.7 Å². The Morgan fingerprint density at radius 1 is 0.720 bits per heavy atom. The maximum absolute atomic E-state index is 4.36. The Morgan fingerprint density at radius 3 is 1.16 bits per heavy atom. The molecular weight excluding hydrogens is 550 g/mol. The van der Waals surface area contributed by atoms with Gasteiger partial charge in [-0.15, -0.1) is 12.4 Å². The minimum absolute atomic E-state index is 0. The molecular formula is C23H34ClU. The second kappa shape index (κ2) is 6.89. The van der Waals surface area contributed by atoms with E-state index in [0.29, 0.717) is 0 Å². The summed E-state index contributed by atoms with van der Waals surface area (Å²) in [6.07, 6.45) is 2.28. The van der Waals surface area contributed by atoms with Gasteiger partial charge in [-0.3, -0.25) is 0 Å². The van der Waals surface area contributed by atoms with Crippen LogP contribution in [0, 0.1) is 40.3 Å². The fraction of sp³-hybridized carbons (Fsp3) is 0.565. The third-order valence-electron chi connectivity index (χ3n) is 7.22. The van der Waals surface area contributed by atoms with Gasteiger partial charge in [0.2, 0.25) is 0 Å². The van der Waals surface area contributed by atoms with Crippen LogP contribution in [0.25, 0.3) is 0 Å². The van der Waals surface area contributed by atoms with E-state index in [0.717, 1.165) is 29.4 Å². The number of allylic oxidation sites excluding steroid dienone is 9. The van der Waals surface area contributed by atoms with E-state index in [1.54, 1.807) is 11.1 Å². The van der Waals surface area contributed by atoms with Gasteiger partial charge in [0.25, 0.3) is 0 Å². The molecule has 0 aliphatic heterocycles. The van der Waals surface area contributed by atoms with E-state index in [1.807, 2.05) is 0 Å². The molecule has 0 nitrogen and oxygen atoms in total. The number of hydrogen-bond donors (Lipinski definition) is 0. The van der Waals surface area contributed by atoms with Gasteiger partial charge in [0.15, 0.2) is 0 Å². The smallest absolute Gasteiger partial charge is 0.147 e. The molecule has 137 valence electrons. The predicted octanol–water partition coefficient (Wildman–Crippen LogP) is 7.69. The molecule has 0 fully saturated rings. The zero-order chi connectivity index (χ0) is 18.8. The third-order valence-corrected chi connectivity index (χ3v) is 10.2. The van der Waals surface area contributed by atoms with Crippen molar-refractivity contribution < 1.29 is 29.4 Å². The zero-order valence-corrected chi connectivity index (χ0v) is 22.7. The second-order valence-corrected chi connectivity index (χ2v) is 12.0. The Balaban J connectivity index is 0.00000312. The summed E-state index contributed by atoms with van der Waals surface area (Å²) in [5.74, 6) is 0. The van der Waals surface area contributed by atoms with Crippen molar-refractivity contribution in [1.29, 1.82) is 0 Å². The first-order valence-corrected chi connectivity index (χ1v) is 11.0. The average molecular weight is 584 g/mol. The van der Waals surface area contributed by atoms with Gasteiger partial charge in [0, 0.05) is 0 Å². The van der Waals surface area contributed by atoms with Crippen LogP contribution < -0.4 is 0 Å². The van der Waals surface area contributed by atoms with E-state index in [1.165, 1.54) is 33.4 Å². The van der Waals surface area contributed by atoms with Crippen molar-refractivity contribution in [1.82, 2.24) is 0 Å². The fourth-order valence-electron chi connectivity index (χ4n) is 5.09. The monoisotopic (exact) mass is 583 g/mol. The summed E-state index contributed by atoms with van der Waals surface area (Å²) < 4.78 is 0.0426. The summed E-state index contributed by atoms with van der Waals surface area (Å²) in [6, 6.07) is 0. The molecule has 0 saturated heterocycles. The van der Waals surface area contributed by atoms with E-state index in [2.05, 4.69) is 81.9 Å². The van der Waals surface area contributed by atoms with Crippen LogP contribution in [-0.4, -0.2) is 0 Å². The van der Waals surface area contributed by atoms with Crippen LogP contribution in [0.4, 0.5) is 0 Å². The Labute approximate surface area is 180 Å². The van der Waals surface area contributed by atoms with Gasteiger partial charge in [-0.1, -0.05) is 0 Å². The van der Waals surface area contributed by atoms with Gasteiger partial charge in [0.1, 0.15) is 0 Å². The predicted molar refractivity (Wildman–Crippen MR) is 110 cm³/mol. The molecule has 0 heterocycles. The first kappa shape index (κ1) is 23.1. The number of halogens is 1. The Hall–Kier alpha value is 0.0419. The van der Waals surface area contributed by atoms with Gasteiger partial charge in [-0.05, 0) is 0 Å². The molecule has 0 aromatic heterocycles. The van der Waals surface area contributed by atoms with Crippen LogP contribution in [0.2, 0.25) is 2.45 Å². The van der Waals surface area contributed by atoms with Crippen LogP contribution in [-0.2, 0) is 0 Å². The molecule has 0 saturated carbocycles. The minimum atomic E-state index is 0. The summed E-state index contributed by atoms with van der Waals surface area (Å²) in [6.45, 7) is 27.9. The average Bonchev–Trinajstić information content (AvgIpc) is 2.74. The van der Waals surface area contributed by atoms with E-state index < -0.39 is 0 Å². The largest absolute Gasteiger partial charge is 0.147 e. The third kappa shape index (κ3) is 2.94. The van der Waals surface area contributed by atoms with Crippen molar-refractivity contribution in [3.63, 3.8) is 0 Å². The number of hydrogen-bond acceptors (Lipinski definition) is 0. The van der Waals surface area contributed by atoms with E-state index >= 15 is 0 Å². The Morgan fingerprint density at radius 2 is 1.00 bits per heavy atom. The van der Waals surface area contributed by atoms with Crippen molar-refractivity contribution in [2.75, 3.05) is 0 Å². The van der Waals surface area contributed by atoms with Crippen LogP contribution >= 0.6 is 12.4 Å². The van der Waals surface area contributed by atoms with E-state index in [9.17, 15) is 0 Å². The van der Waals surface area contributed by atoms with Crippen LogP contribution in [0.1, 0.15) is 69.2 Å². The molecule has 2 heteroatoms. The molecule has 0 amide bonds. The van der Waals surface area contributed by atoms with E-state index in [4.69, 9.17) is 0 Å². The van der Waals surface area contributed by atoms with Crippen molar-refractivity contribution in [2.45, 2.75) is 71.7 Å². The zero-order valence-electron chi connectivity index (χ0n) is 17.7. The molecule has 0 spiro atoms. The fourth-order valence-corrected chi connectivity index (χ4v) is 9.26. The van der Waals surface area contributed by atoms with Crippen molar-refractivity contribution in [3.05, 3.63) is 57.2 Å². The number of rotatable bonds is 3. The van der Waals surface area contributed by atoms with Gasteiger partial charge in [-0.25, -0.2) is 0 Å². The molecule has 0 atom stereocenters. The van der Waals surface area contributed by atoms with Gasteiger partial charge in [0.05, 0.1) is 0 Å². The topological polar surface area (TPSA) is 0 Å². The van der Waals surface area contributed by atoms with Crippen LogP contribution in [0.15, 0.2) is 57.2 Å². The summed E-state index contributed by atoms with van der Waals surface area (Å²) in [5.41, 5.74) is 12.5.